The molecule has 0 spiro atoms. The Labute approximate surface area is 476 Å². The van der Waals surface area contributed by atoms with Crippen LogP contribution in [0.25, 0.3) is 33.3 Å². The smallest absolute Gasteiger partial charge is 0.337 e. The van der Waals surface area contributed by atoms with Gasteiger partial charge >= 0.3 is 11.4 Å². The van der Waals surface area contributed by atoms with E-state index in [2.05, 4.69) is 21.3 Å². The molecule has 2 amide bonds. The van der Waals surface area contributed by atoms with Crippen molar-refractivity contribution in [2.45, 2.75) is 78.3 Å². The molecule has 79 heavy (non-hydrogen) atoms. The third-order valence-electron chi connectivity index (χ3n) is 13.5. The number of fused-ring (bicyclic) bond motifs is 2. The van der Waals surface area contributed by atoms with E-state index in [0.29, 0.717) is 55.6 Å². The number of nitrogens with zero attached hydrogens (tertiary/aromatic N) is 6. The highest BCUT2D eigenvalue weighted by Gasteiger charge is 2.34. The van der Waals surface area contributed by atoms with Crippen LogP contribution in [0.2, 0.25) is 0 Å². The molecule has 4 aromatic carbocycles. The molecule has 410 valence electrons. The normalized spacial score (nSPS) is 13.8. The van der Waals surface area contributed by atoms with Crippen LogP contribution in [-0.2, 0) is 28.4 Å². The fourth-order valence-electron chi connectivity index (χ4n) is 9.51. The fourth-order valence-corrected chi connectivity index (χ4v) is 10.4. The number of benzene rings is 4. The largest absolute Gasteiger partial charge is 0.381 e. The van der Waals surface area contributed by atoms with Gasteiger partial charge in [-0.15, -0.1) is 0 Å². The predicted octanol–water partition coefficient (Wildman–Crippen LogP) is 8.68. The molecule has 19 nitrogen and oxygen atoms in total. The third kappa shape index (κ3) is 11.5. The predicted molar refractivity (Wildman–Crippen MR) is 318 cm³/mol. The van der Waals surface area contributed by atoms with Gasteiger partial charge in [0.15, 0.2) is 0 Å². The minimum atomic E-state index is -0.697. The van der Waals surface area contributed by atoms with Gasteiger partial charge in [-0.25, -0.2) is 22.9 Å². The zero-order valence-corrected chi connectivity index (χ0v) is 48.1. The van der Waals surface area contributed by atoms with E-state index in [-0.39, 0.29) is 79.8 Å². The quantitative estimate of drug-likeness (QED) is 0.0949. The molecule has 23 heteroatoms. The van der Waals surface area contributed by atoms with Crippen LogP contribution < -0.4 is 54.9 Å². The zero-order valence-electron chi connectivity index (χ0n) is 43.8. The number of carbonyl (C=O) groups excluding carboxylic acids is 2. The summed E-state index contributed by atoms with van der Waals surface area (Å²) < 4.78 is 43.5. The lowest BCUT2D eigenvalue weighted by atomic mass is 10.1. The monoisotopic (exact) mass is 1300 g/mol. The van der Waals surface area contributed by atoms with Gasteiger partial charge < -0.3 is 26.0 Å². The molecule has 1 aliphatic heterocycles. The average Bonchev–Trinajstić information content (AvgIpc) is 4.29. The second-order valence-electron chi connectivity index (χ2n) is 19.5. The van der Waals surface area contributed by atoms with Gasteiger partial charge in [-0.05, 0) is 170 Å². The third-order valence-corrected chi connectivity index (χ3v) is 14.9. The van der Waals surface area contributed by atoms with E-state index in [9.17, 15) is 42.7 Å². The number of amides is 2. The number of nitrogens with one attached hydrogen (secondary N) is 4. The molecule has 0 bridgehead atoms. The molecule has 4 N–H and O–H groups in total. The maximum absolute atomic E-state index is 15.2. The summed E-state index contributed by atoms with van der Waals surface area (Å²) in [5.41, 5.74) is -0.598. The number of aromatic nitrogens is 6. The Kier molecular flexibility index (Phi) is 16.4. The number of hydrogen-bond donors (Lipinski definition) is 4. The van der Waals surface area contributed by atoms with E-state index in [0.717, 1.165) is 22.3 Å². The van der Waals surface area contributed by atoms with Crippen molar-refractivity contribution in [1.82, 2.24) is 27.4 Å². The Morgan fingerprint density at radius 2 is 1.13 bits per heavy atom. The van der Waals surface area contributed by atoms with Crippen LogP contribution in [0.15, 0.2) is 114 Å². The Morgan fingerprint density at radius 1 is 0.595 bits per heavy atom. The van der Waals surface area contributed by atoms with Crippen molar-refractivity contribution in [2.24, 2.45) is 14.1 Å². The van der Waals surface area contributed by atoms with Crippen molar-refractivity contribution in [1.29, 1.82) is 0 Å². The summed E-state index contributed by atoms with van der Waals surface area (Å²) in [6, 6.07) is 21.8. The summed E-state index contributed by atoms with van der Waals surface area (Å²) in [6.45, 7) is 7.90. The van der Waals surface area contributed by atoms with Crippen LogP contribution in [0.3, 0.4) is 0 Å². The van der Waals surface area contributed by atoms with Gasteiger partial charge in [-0.3, -0.25) is 51.6 Å². The van der Waals surface area contributed by atoms with Crippen LogP contribution in [0.5, 0.6) is 0 Å². The molecule has 5 heterocycles. The minimum absolute atomic E-state index is 0.0110. The SMILES string of the molecule is C1CCOC1.CC(=O)Nc1cccc(-n2c(=O)n(C3CC3)c(=O)c3c(Nc4ccc(I)cc4F)n(C)c(=O)c(C)c32)c1.CC(=O)Nc1cccc(Nc2c(C)c(=O)n(C)c3c2c(=O)n(C2CC2)c(=O)n3-c2ccc(I)cc2F)c1. The first kappa shape index (κ1) is 56.2. The first-order chi connectivity index (χ1) is 37.7. The molecule has 0 atom stereocenters. The van der Waals surface area contributed by atoms with Gasteiger partial charge in [0.25, 0.3) is 22.2 Å². The number of aryl methyl sites for hydroxylation is 2. The maximum Gasteiger partial charge on any atom is 0.337 e. The van der Waals surface area contributed by atoms with Crippen molar-refractivity contribution in [3.05, 3.63) is 177 Å². The average molecular weight is 1300 g/mol. The van der Waals surface area contributed by atoms with Crippen LogP contribution in [0, 0.1) is 32.6 Å². The summed E-state index contributed by atoms with van der Waals surface area (Å²) in [5, 5.41) is 11.7. The first-order valence-corrected chi connectivity index (χ1v) is 27.4. The van der Waals surface area contributed by atoms with Crippen molar-refractivity contribution in [3.63, 3.8) is 0 Å². The van der Waals surface area contributed by atoms with E-state index in [1.54, 1.807) is 74.5 Å². The van der Waals surface area contributed by atoms with Crippen molar-refractivity contribution in [3.8, 4) is 11.4 Å². The second kappa shape index (κ2) is 23.1. The minimum Gasteiger partial charge on any atom is -0.381 e. The Bertz CT molecular complexity index is 4180. The van der Waals surface area contributed by atoms with E-state index in [4.69, 9.17) is 4.74 Å². The molecule has 0 unspecified atom stereocenters. The highest BCUT2D eigenvalue weighted by Crippen LogP contribution is 2.36. The molecular formula is C56H54F2I2N10O9. The first-order valence-electron chi connectivity index (χ1n) is 25.3. The van der Waals surface area contributed by atoms with Gasteiger partial charge in [0.05, 0.1) is 28.3 Å². The lowest BCUT2D eigenvalue weighted by Crippen LogP contribution is -2.42. The van der Waals surface area contributed by atoms with Crippen LogP contribution >= 0.6 is 45.2 Å². The number of rotatable bonds is 10. The van der Waals surface area contributed by atoms with Gasteiger partial charge in [0, 0.05) is 88.6 Å². The van der Waals surface area contributed by atoms with Crippen molar-refractivity contribution < 1.29 is 23.1 Å². The van der Waals surface area contributed by atoms with Crippen LogP contribution in [0.1, 0.15) is 75.6 Å². The molecular weight excluding hydrogens is 1250 g/mol. The molecule has 8 aromatic rings. The number of carbonyl (C=O) groups is 2. The topological polar surface area (TPSA) is 223 Å². The van der Waals surface area contributed by atoms with Gasteiger partial charge in [0.2, 0.25) is 11.8 Å². The standard InChI is InChI=1S/2C26H23FIN5O4.C4H8O/c1-13-22-21(23(31(3)24(13)35)30-20-10-7-15(28)11-19(20)27)25(36)33(17-8-9-17)26(37)32(22)18-6-4-5-16(12-18)29-14(2)34;1-13-22(30-17-6-4-5-16(12-17)29-14(2)34)21-23(31(3)24(13)35)33(20-10-7-15(28)11-19(20)27)26(37)32(25(21)36)18-8-9-18;1-2-4-5-3-1/h4-7,10-12,17,30H,8-9H2,1-3H3,(H,29,34);4-7,10-12,18,30H,8-9H2,1-3H3,(H,29,34);1-4H2. The van der Waals surface area contributed by atoms with E-state index < -0.39 is 45.3 Å². The number of pyridine rings is 2. The van der Waals surface area contributed by atoms with Gasteiger partial charge in [-0.2, -0.15) is 0 Å². The van der Waals surface area contributed by atoms with Crippen LogP contribution in [0.4, 0.5) is 43.0 Å². The van der Waals surface area contributed by atoms with Crippen LogP contribution in [-0.4, -0.2) is 52.4 Å². The highest BCUT2D eigenvalue weighted by atomic mass is 127. The summed E-state index contributed by atoms with van der Waals surface area (Å²) in [6.07, 6.45) is 5.21. The molecule has 11 rings (SSSR count). The molecule has 1 saturated heterocycles. The Balaban J connectivity index is 0.000000176. The molecule has 2 aliphatic carbocycles. The van der Waals surface area contributed by atoms with E-state index in [1.165, 1.54) is 83.3 Å². The Morgan fingerprint density at radius 3 is 1.68 bits per heavy atom. The number of hydrogen-bond acceptors (Lipinski definition) is 11. The summed E-state index contributed by atoms with van der Waals surface area (Å²) in [7, 11) is 2.95. The van der Waals surface area contributed by atoms with Crippen molar-refractivity contribution in [2.75, 3.05) is 34.5 Å². The molecule has 4 aromatic heterocycles. The second-order valence-corrected chi connectivity index (χ2v) is 21.9. The van der Waals surface area contributed by atoms with E-state index in [1.807, 2.05) is 45.2 Å². The highest BCUT2D eigenvalue weighted by molar-refractivity contribution is 14.1. The zero-order chi connectivity index (χ0) is 56.7. The number of ether oxygens (including phenoxy) is 1. The van der Waals surface area contributed by atoms with Gasteiger partial charge in [-0.1, -0.05) is 12.1 Å². The molecule has 0 radical (unpaired) electrons. The Hall–Kier alpha value is -7.52. The van der Waals surface area contributed by atoms with Crippen molar-refractivity contribution >= 4 is 113 Å². The maximum atomic E-state index is 15.2. The lowest BCUT2D eigenvalue weighted by Gasteiger charge is -2.21. The summed E-state index contributed by atoms with van der Waals surface area (Å²) in [5.74, 6) is -1.65. The fraction of sp³-hybridized carbons (Fsp3) is 0.286. The number of halogens is 4. The molecule has 2 saturated carbocycles. The number of anilines is 6. The molecule has 3 fully saturated rings. The van der Waals surface area contributed by atoms with Gasteiger partial charge in [0.1, 0.15) is 33.9 Å². The molecule has 3 aliphatic rings. The summed E-state index contributed by atoms with van der Waals surface area (Å²) in [4.78, 5) is 105. The lowest BCUT2D eigenvalue weighted by molar-refractivity contribution is -0.115. The van der Waals surface area contributed by atoms with E-state index >= 15 is 4.39 Å². The summed E-state index contributed by atoms with van der Waals surface area (Å²) >= 11 is 3.96.